The van der Waals surface area contributed by atoms with Gasteiger partial charge in [0.1, 0.15) is 5.75 Å². The monoisotopic (exact) mass is 317 g/mol. The Hall–Kier alpha value is -2.20. The van der Waals surface area contributed by atoms with Crippen LogP contribution < -0.4 is 4.74 Å². The Bertz CT molecular complexity index is 745. The number of halogens is 1. The summed E-state index contributed by atoms with van der Waals surface area (Å²) in [6.45, 7) is 2.00. The van der Waals surface area contributed by atoms with Gasteiger partial charge in [0, 0.05) is 35.2 Å². The van der Waals surface area contributed by atoms with Gasteiger partial charge in [-0.25, -0.2) is 4.79 Å². The van der Waals surface area contributed by atoms with Crippen LogP contribution in [0, 0.1) is 6.92 Å². The number of fused-ring (bicyclic) bond motifs is 1. The number of carbonyl (C=O) groups is 1. The zero-order valence-corrected chi connectivity index (χ0v) is 13.1. The van der Waals surface area contributed by atoms with E-state index in [1.54, 1.807) is 0 Å². The minimum absolute atomic E-state index is 0.503. The number of rotatable bonds is 2. The molecule has 114 valence electrons. The smallest absolute Gasteiger partial charge is 0.409 e. The highest BCUT2D eigenvalue weighted by atomic mass is 35.5. The van der Waals surface area contributed by atoms with E-state index in [2.05, 4.69) is 0 Å². The highest BCUT2D eigenvalue weighted by molar-refractivity contribution is 6.33. The van der Waals surface area contributed by atoms with Crippen molar-refractivity contribution in [2.45, 2.75) is 19.6 Å². The van der Waals surface area contributed by atoms with Gasteiger partial charge < -0.3 is 9.84 Å². The molecule has 0 radical (unpaired) electrons. The molecule has 2 aromatic rings. The predicted molar refractivity (Wildman–Crippen MR) is 85.5 cm³/mol. The first-order valence-corrected chi connectivity index (χ1v) is 7.36. The normalized spacial score (nSPS) is 16.0. The molecule has 1 heterocycles. The molecule has 0 fully saturated rings. The zero-order valence-electron chi connectivity index (χ0n) is 12.3. The molecule has 0 spiro atoms. The second-order valence-corrected chi connectivity index (χ2v) is 5.85. The van der Waals surface area contributed by atoms with Crippen molar-refractivity contribution in [2.75, 3.05) is 7.05 Å². The summed E-state index contributed by atoms with van der Waals surface area (Å²) in [4.78, 5) is 12.3. The van der Waals surface area contributed by atoms with E-state index in [9.17, 15) is 4.79 Å². The second-order valence-electron chi connectivity index (χ2n) is 5.45. The molecule has 1 N–H and O–H groups in total. The number of para-hydroxylation sites is 1. The quantitative estimate of drug-likeness (QED) is 0.903. The largest absolute Gasteiger partial charge is 0.469 e. The van der Waals surface area contributed by atoms with Crippen LogP contribution in [0.3, 0.4) is 0 Å². The van der Waals surface area contributed by atoms with E-state index >= 15 is 0 Å². The lowest BCUT2D eigenvalue weighted by Crippen LogP contribution is -2.38. The molecular formula is C17H16ClNO3. The summed E-state index contributed by atoms with van der Waals surface area (Å²) < 4.78 is 5.90. The topological polar surface area (TPSA) is 49.8 Å². The second kappa shape index (κ2) is 5.54. The van der Waals surface area contributed by atoms with Gasteiger partial charge in [-0.2, -0.15) is 0 Å². The van der Waals surface area contributed by atoms with Gasteiger partial charge in [0.15, 0.2) is 6.23 Å². The number of carboxylic acid groups (broad SMARTS) is 1. The summed E-state index contributed by atoms with van der Waals surface area (Å²) in [5.74, 6) is 0.716. The highest BCUT2D eigenvalue weighted by Gasteiger charge is 2.31. The average Bonchev–Trinajstić information content (AvgIpc) is 2.92. The number of nitrogens with zero attached hydrogens (tertiary/aromatic N) is 1. The zero-order chi connectivity index (χ0) is 15.9. The van der Waals surface area contributed by atoms with E-state index in [1.165, 1.54) is 11.9 Å². The molecule has 22 heavy (non-hydrogen) atoms. The fraction of sp³-hybridized carbons (Fsp3) is 0.235. The Balaban J connectivity index is 2.03. The van der Waals surface area contributed by atoms with Crippen LogP contribution in [0.15, 0.2) is 36.4 Å². The molecule has 1 aliphatic heterocycles. The minimum atomic E-state index is -1.01. The Morgan fingerprint density at radius 2 is 2.09 bits per heavy atom. The minimum Gasteiger partial charge on any atom is -0.469 e. The van der Waals surface area contributed by atoms with Crippen LogP contribution in [0.2, 0.25) is 5.02 Å². The van der Waals surface area contributed by atoms with Crippen molar-refractivity contribution >= 4 is 17.7 Å². The van der Waals surface area contributed by atoms with Crippen LogP contribution in [0.4, 0.5) is 4.79 Å². The maximum absolute atomic E-state index is 11.1. The molecule has 4 nitrogen and oxygen atoms in total. The number of hydrogen-bond donors (Lipinski definition) is 1. The summed E-state index contributed by atoms with van der Waals surface area (Å²) in [5.41, 5.74) is 3.90. The Labute approximate surface area is 133 Å². The molecule has 1 atom stereocenters. The van der Waals surface area contributed by atoms with Crippen LogP contribution in [0.5, 0.6) is 5.75 Å². The molecule has 0 aromatic heterocycles. The summed E-state index contributed by atoms with van der Waals surface area (Å²) in [5, 5.41) is 9.76. The number of benzene rings is 2. The lowest BCUT2D eigenvalue weighted by molar-refractivity contribution is 0.0610. The molecule has 3 rings (SSSR count). The third-order valence-corrected chi connectivity index (χ3v) is 4.22. The third-order valence-electron chi connectivity index (χ3n) is 3.89. The molecule has 5 heteroatoms. The standard InChI is InChI=1S/C17H16ClNO3/c1-10-6-7-14(18)13(8-10)12-5-3-4-11-9-15(22-16(11)12)19(2)17(20)21/h3-8,15H,9H2,1-2H3,(H,20,21). The molecule has 0 bridgehead atoms. The van der Waals surface area contributed by atoms with Crippen LogP contribution in [-0.2, 0) is 6.42 Å². The van der Waals surface area contributed by atoms with E-state index in [0.717, 1.165) is 22.3 Å². The van der Waals surface area contributed by atoms with Gasteiger partial charge in [-0.05, 0) is 19.1 Å². The molecule has 0 aliphatic carbocycles. The molecule has 2 aromatic carbocycles. The first-order chi connectivity index (χ1) is 10.5. The number of amides is 1. The van der Waals surface area contributed by atoms with Crippen molar-refractivity contribution in [3.8, 4) is 16.9 Å². The van der Waals surface area contributed by atoms with Crippen LogP contribution >= 0.6 is 11.6 Å². The van der Waals surface area contributed by atoms with Gasteiger partial charge >= 0.3 is 6.09 Å². The van der Waals surface area contributed by atoms with Crippen LogP contribution in [0.25, 0.3) is 11.1 Å². The summed E-state index contributed by atoms with van der Waals surface area (Å²) in [7, 11) is 1.51. The molecule has 1 unspecified atom stereocenters. The van der Waals surface area contributed by atoms with Crippen LogP contribution in [-0.4, -0.2) is 29.4 Å². The average molecular weight is 318 g/mol. The van der Waals surface area contributed by atoms with E-state index in [0.29, 0.717) is 17.2 Å². The van der Waals surface area contributed by atoms with E-state index < -0.39 is 12.3 Å². The number of ether oxygens (including phenoxy) is 1. The predicted octanol–water partition coefficient (Wildman–Crippen LogP) is 4.19. The summed E-state index contributed by atoms with van der Waals surface area (Å²) >= 11 is 6.32. The van der Waals surface area contributed by atoms with Crippen molar-refractivity contribution in [2.24, 2.45) is 0 Å². The first kappa shape index (κ1) is 14.7. The Kier molecular flexibility index (Phi) is 3.71. The SMILES string of the molecule is Cc1ccc(Cl)c(-c2cccc3c2OC(N(C)C(=O)O)C3)c1. The van der Waals surface area contributed by atoms with Gasteiger partial charge in [-0.3, -0.25) is 4.90 Å². The number of hydrogen-bond acceptors (Lipinski definition) is 2. The first-order valence-electron chi connectivity index (χ1n) is 6.98. The van der Waals surface area contributed by atoms with Crippen molar-refractivity contribution in [1.29, 1.82) is 0 Å². The van der Waals surface area contributed by atoms with Gasteiger partial charge in [0.25, 0.3) is 0 Å². The van der Waals surface area contributed by atoms with Crippen molar-refractivity contribution in [3.63, 3.8) is 0 Å². The van der Waals surface area contributed by atoms with Crippen molar-refractivity contribution < 1.29 is 14.6 Å². The highest BCUT2D eigenvalue weighted by Crippen LogP contribution is 2.41. The van der Waals surface area contributed by atoms with Gasteiger partial charge in [0.05, 0.1) is 0 Å². The van der Waals surface area contributed by atoms with Gasteiger partial charge in [0.2, 0.25) is 0 Å². The fourth-order valence-electron chi connectivity index (χ4n) is 2.65. The van der Waals surface area contributed by atoms with Crippen molar-refractivity contribution in [1.82, 2.24) is 4.90 Å². The fourth-order valence-corrected chi connectivity index (χ4v) is 2.87. The van der Waals surface area contributed by atoms with E-state index in [1.807, 2.05) is 43.3 Å². The molecule has 0 saturated heterocycles. The number of aryl methyl sites for hydroxylation is 1. The lowest BCUT2D eigenvalue weighted by atomic mass is 9.99. The van der Waals surface area contributed by atoms with E-state index in [-0.39, 0.29) is 0 Å². The molecule has 1 aliphatic rings. The molecule has 0 saturated carbocycles. The summed E-state index contributed by atoms with van der Waals surface area (Å²) in [6.07, 6.45) is -0.972. The van der Waals surface area contributed by atoms with Gasteiger partial charge in [-0.15, -0.1) is 0 Å². The van der Waals surface area contributed by atoms with Gasteiger partial charge in [-0.1, -0.05) is 41.4 Å². The van der Waals surface area contributed by atoms with Crippen LogP contribution in [0.1, 0.15) is 11.1 Å². The Morgan fingerprint density at radius 3 is 2.82 bits per heavy atom. The maximum Gasteiger partial charge on any atom is 0.409 e. The Morgan fingerprint density at radius 1 is 1.32 bits per heavy atom. The molecule has 1 amide bonds. The number of likely N-dealkylation sites (N-methyl/N-ethyl adjacent to an activating group) is 1. The maximum atomic E-state index is 11.1. The summed E-state index contributed by atoms with van der Waals surface area (Å²) in [6, 6.07) is 11.7. The molecular weight excluding hydrogens is 302 g/mol. The lowest BCUT2D eigenvalue weighted by Gasteiger charge is -2.21. The van der Waals surface area contributed by atoms with E-state index in [4.69, 9.17) is 21.4 Å². The third kappa shape index (κ3) is 2.50. The van der Waals surface area contributed by atoms with Crippen molar-refractivity contribution in [3.05, 3.63) is 52.5 Å².